The largest absolute Gasteiger partial charge is 0.381 e. The lowest BCUT2D eigenvalue weighted by Gasteiger charge is -2.08. The maximum absolute atomic E-state index is 5.47. The zero-order valence-electron chi connectivity index (χ0n) is 5.48. The van der Waals surface area contributed by atoms with Crippen LogP contribution in [0.3, 0.4) is 0 Å². The first-order valence-electron chi connectivity index (χ1n) is 2.93. The Balaban J connectivity index is 3.07. The fourth-order valence-corrected chi connectivity index (χ4v) is 0.854. The second-order valence-corrected chi connectivity index (χ2v) is 2.12. The molecule has 0 aromatic carbocycles. The summed E-state index contributed by atoms with van der Waals surface area (Å²) in [6.07, 6.45) is 2.39. The molecule has 0 aliphatic rings. The zero-order chi connectivity index (χ0) is 6.41. The summed E-state index contributed by atoms with van der Waals surface area (Å²) >= 11 is 5.47. The molecule has 0 bridgehead atoms. The highest BCUT2D eigenvalue weighted by Gasteiger charge is 2.00. The number of methoxy groups -OCH3 is 1. The Morgan fingerprint density at radius 1 is 1.62 bits per heavy atom. The molecule has 0 rings (SSSR count). The standard InChI is InChI=1S/C6H13ClO/c1-3-6(8-2)4-5-7/h6H,3-5H2,1-2H3. The molecule has 2 heteroatoms. The molecular formula is C6H13ClO. The molecule has 8 heavy (non-hydrogen) atoms. The Morgan fingerprint density at radius 2 is 2.25 bits per heavy atom. The Bertz CT molecular complexity index is 43.8. The van der Waals surface area contributed by atoms with Crippen molar-refractivity contribution in [2.24, 2.45) is 0 Å². The van der Waals surface area contributed by atoms with Crippen molar-refractivity contribution in [2.45, 2.75) is 25.9 Å². The van der Waals surface area contributed by atoms with Crippen molar-refractivity contribution in [3.8, 4) is 0 Å². The minimum Gasteiger partial charge on any atom is -0.381 e. The van der Waals surface area contributed by atoms with Crippen molar-refractivity contribution in [2.75, 3.05) is 13.0 Å². The Labute approximate surface area is 56.0 Å². The smallest absolute Gasteiger partial charge is 0.0580 e. The van der Waals surface area contributed by atoms with Crippen LogP contribution in [0, 0.1) is 0 Å². The molecule has 0 spiro atoms. The van der Waals surface area contributed by atoms with Crippen LogP contribution in [-0.4, -0.2) is 19.1 Å². The SMILES string of the molecule is CCC(CCCl)OC. The summed E-state index contributed by atoms with van der Waals surface area (Å²) in [5.74, 6) is 0.701. The zero-order valence-corrected chi connectivity index (χ0v) is 6.24. The summed E-state index contributed by atoms with van der Waals surface area (Å²) in [6, 6.07) is 0. The monoisotopic (exact) mass is 136 g/mol. The Hall–Kier alpha value is 0.250. The summed E-state index contributed by atoms with van der Waals surface area (Å²) in [7, 11) is 1.72. The topological polar surface area (TPSA) is 9.23 Å². The molecular weight excluding hydrogens is 124 g/mol. The van der Waals surface area contributed by atoms with Gasteiger partial charge in [0.2, 0.25) is 0 Å². The number of hydrogen-bond donors (Lipinski definition) is 0. The van der Waals surface area contributed by atoms with Gasteiger partial charge in [0, 0.05) is 13.0 Å². The molecule has 0 amide bonds. The van der Waals surface area contributed by atoms with Gasteiger partial charge in [-0.25, -0.2) is 0 Å². The van der Waals surface area contributed by atoms with E-state index >= 15 is 0 Å². The molecule has 0 aliphatic heterocycles. The summed E-state index contributed by atoms with van der Waals surface area (Å²) in [5, 5.41) is 0. The van der Waals surface area contributed by atoms with E-state index < -0.39 is 0 Å². The lowest BCUT2D eigenvalue weighted by atomic mass is 10.2. The van der Waals surface area contributed by atoms with E-state index in [1.54, 1.807) is 7.11 Å². The third kappa shape index (κ3) is 3.28. The molecule has 0 saturated carbocycles. The van der Waals surface area contributed by atoms with Gasteiger partial charge >= 0.3 is 0 Å². The molecule has 0 aliphatic carbocycles. The van der Waals surface area contributed by atoms with Gasteiger partial charge < -0.3 is 4.74 Å². The van der Waals surface area contributed by atoms with Crippen molar-refractivity contribution in [3.63, 3.8) is 0 Å². The number of alkyl halides is 1. The summed E-state index contributed by atoms with van der Waals surface area (Å²) in [5.41, 5.74) is 0. The van der Waals surface area contributed by atoms with E-state index in [2.05, 4.69) is 6.92 Å². The van der Waals surface area contributed by atoms with E-state index in [0.717, 1.165) is 12.8 Å². The second-order valence-electron chi connectivity index (χ2n) is 1.74. The predicted octanol–water partition coefficient (Wildman–Crippen LogP) is 2.04. The molecule has 0 N–H and O–H groups in total. The lowest BCUT2D eigenvalue weighted by Crippen LogP contribution is -2.08. The highest BCUT2D eigenvalue weighted by Crippen LogP contribution is 2.01. The molecule has 1 unspecified atom stereocenters. The van der Waals surface area contributed by atoms with Crippen LogP contribution in [0.5, 0.6) is 0 Å². The van der Waals surface area contributed by atoms with E-state index in [4.69, 9.17) is 16.3 Å². The van der Waals surface area contributed by atoms with Crippen LogP contribution in [0.25, 0.3) is 0 Å². The third-order valence-electron chi connectivity index (χ3n) is 1.22. The number of rotatable bonds is 4. The summed E-state index contributed by atoms with van der Waals surface area (Å²) in [4.78, 5) is 0. The van der Waals surface area contributed by atoms with E-state index in [1.165, 1.54) is 0 Å². The van der Waals surface area contributed by atoms with Crippen molar-refractivity contribution in [3.05, 3.63) is 0 Å². The molecule has 0 aromatic heterocycles. The van der Waals surface area contributed by atoms with Crippen molar-refractivity contribution >= 4 is 11.6 Å². The van der Waals surface area contributed by atoms with E-state index in [9.17, 15) is 0 Å². The molecule has 0 fully saturated rings. The van der Waals surface area contributed by atoms with Crippen LogP contribution in [0.1, 0.15) is 19.8 Å². The Morgan fingerprint density at radius 3 is 2.38 bits per heavy atom. The quantitative estimate of drug-likeness (QED) is 0.538. The fourth-order valence-electron chi connectivity index (χ4n) is 0.610. The van der Waals surface area contributed by atoms with Crippen LogP contribution >= 0.6 is 11.6 Å². The summed E-state index contributed by atoms with van der Waals surface area (Å²) < 4.78 is 5.06. The van der Waals surface area contributed by atoms with Gasteiger partial charge in [-0.3, -0.25) is 0 Å². The highest BCUT2D eigenvalue weighted by molar-refractivity contribution is 6.17. The maximum atomic E-state index is 5.47. The van der Waals surface area contributed by atoms with Crippen LogP contribution in [-0.2, 0) is 4.74 Å². The first kappa shape index (κ1) is 8.25. The van der Waals surface area contributed by atoms with E-state index in [-0.39, 0.29) is 0 Å². The van der Waals surface area contributed by atoms with E-state index in [0.29, 0.717) is 12.0 Å². The molecule has 50 valence electrons. The number of ether oxygens (including phenoxy) is 1. The second kappa shape index (κ2) is 5.39. The van der Waals surface area contributed by atoms with Crippen molar-refractivity contribution in [1.82, 2.24) is 0 Å². The molecule has 1 atom stereocenters. The van der Waals surface area contributed by atoms with Crippen LogP contribution in [0.4, 0.5) is 0 Å². The van der Waals surface area contributed by atoms with Crippen molar-refractivity contribution in [1.29, 1.82) is 0 Å². The molecule has 0 radical (unpaired) electrons. The van der Waals surface area contributed by atoms with Crippen LogP contribution in [0.2, 0.25) is 0 Å². The van der Waals surface area contributed by atoms with Gasteiger partial charge in [-0.05, 0) is 12.8 Å². The first-order chi connectivity index (χ1) is 3.85. The first-order valence-corrected chi connectivity index (χ1v) is 3.47. The number of halogens is 1. The maximum Gasteiger partial charge on any atom is 0.0580 e. The predicted molar refractivity (Wildman–Crippen MR) is 36.4 cm³/mol. The number of hydrogen-bond acceptors (Lipinski definition) is 1. The van der Waals surface area contributed by atoms with E-state index in [1.807, 2.05) is 0 Å². The van der Waals surface area contributed by atoms with Gasteiger partial charge in [0.25, 0.3) is 0 Å². The minimum atomic E-state index is 0.368. The molecule has 0 saturated heterocycles. The minimum absolute atomic E-state index is 0.368. The average molecular weight is 137 g/mol. The normalized spacial score (nSPS) is 13.9. The van der Waals surface area contributed by atoms with Gasteiger partial charge in [-0.15, -0.1) is 11.6 Å². The highest BCUT2D eigenvalue weighted by atomic mass is 35.5. The fraction of sp³-hybridized carbons (Fsp3) is 1.00. The van der Waals surface area contributed by atoms with Crippen LogP contribution in [0.15, 0.2) is 0 Å². The van der Waals surface area contributed by atoms with Gasteiger partial charge in [0.15, 0.2) is 0 Å². The van der Waals surface area contributed by atoms with Crippen molar-refractivity contribution < 1.29 is 4.74 Å². The van der Waals surface area contributed by atoms with Gasteiger partial charge in [0.1, 0.15) is 0 Å². The molecule has 1 nitrogen and oxygen atoms in total. The van der Waals surface area contributed by atoms with Gasteiger partial charge in [0.05, 0.1) is 6.10 Å². The lowest BCUT2D eigenvalue weighted by molar-refractivity contribution is 0.0971. The Kier molecular flexibility index (Phi) is 5.56. The molecule has 0 heterocycles. The van der Waals surface area contributed by atoms with Gasteiger partial charge in [-0.1, -0.05) is 6.92 Å². The van der Waals surface area contributed by atoms with Gasteiger partial charge in [-0.2, -0.15) is 0 Å². The summed E-state index contributed by atoms with van der Waals surface area (Å²) in [6.45, 7) is 2.10. The average Bonchev–Trinajstić information content (AvgIpc) is 1.83. The molecule has 0 aromatic rings. The third-order valence-corrected chi connectivity index (χ3v) is 1.44. The van der Waals surface area contributed by atoms with Crippen LogP contribution < -0.4 is 0 Å².